The van der Waals surface area contributed by atoms with Gasteiger partial charge in [0.2, 0.25) is 70.9 Å². The maximum absolute atomic E-state index is 15.9. The van der Waals surface area contributed by atoms with Crippen molar-refractivity contribution in [2.24, 2.45) is 35.5 Å². The molecule has 3 heterocycles. The van der Waals surface area contributed by atoms with Crippen LogP contribution >= 0.6 is 11.6 Å². The molecule has 106 heavy (non-hydrogen) atoms. The van der Waals surface area contributed by atoms with Gasteiger partial charge in [0.15, 0.2) is 0 Å². The van der Waals surface area contributed by atoms with Crippen LogP contribution in [0.5, 0.6) is 0 Å². The molecule has 12 atom stereocenters. The van der Waals surface area contributed by atoms with Crippen LogP contribution in [0.3, 0.4) is 0 Å². The van der Waals surface area contributed by atoms with Gasteiger partial charge in [-0.3, -0.25) is 57.5 Å². The third kappa shape index (κ3) is 22.6. The Hall–Kier alpha value is -6.46. The van der Waals surface area contributed by atoms with Gasteiger partial charge >= 0.3 is 6.18 Å². The van der Waals surface area contributed by atoms with Crippen molar-refractivity contribution in [2.75, 3.05) is 95.2 Å². The van der Waals surface area contributed by atoms with E-state index >= 15 is 28.8 Å². The van der Waals surface area contributed by atoms with Crippen LogP contribution in [-0.2, 0) is 62.3 Å². The van der Waals surface area contributed by atoms with Gasteiger partial charge in [0.25, 0.3) is 6.43 Å². The molecule has 0 aromatic rings. The summed E-state index contributed by atoms with van der Waals surface area (Å²) in [6.07, 6.45) is 0.991. The van der Waals surface area contributed by atoms with Gasteiger partial charge < -0.3 is 64.8 Å². The third-order valence-corrected chi connectivity index (χ3v) is 24.4. The number of hydrogen-bond acceptors (Lipinski definition) is 13. The summed E-state index contributed by atoms with van der Waals surface area (Å²) in [6, 6.07) is -9.44. The summed E-state index contributed by atoms with van der Waals surface area (Å²) in [4.78, 5) is 192. The number of hydrogen-bond donors (Lipinski definition) is 3. The Bertz CT molecular complexity index is 3060. The fourth-order valence-electron chi connectivity index (χ4n) is 17.1. The highest BCUT2D eigenvalue weighted by Crippen LogP contribution is 2.44. The Morgan fingerprint density at radius 1 is 0.613 bits per heavy atom. The van der Waals surface area contributed by atoms with E-state index in [1.54, 1.807) is 11.8 Å². The van der Waals surface area contributed by atoms with Gasteiger partial charge in [0, 0.05) is 80.8 Å². The molecule has 3 N–H and O–H groups in total. The van der Waals surface area contributed by atoms with E-state index in [-0.39, 0.29) is 76.0 Å². The van der Waals surface area contributed by atoms with Gasteiger partial charge in [-0.1, -0.05) is 98.3 Å². The predicted molar refractivity (Wildman–Crippen MR) is 386 cm³/mol. The lowest BCUT2D eigenvalue weighted by molar-refractivity contribution is -0.182. The molecule has 3 saturated heterocycles. The molecule has 12 amide bonds. The number of alkyl halides is 6. The Balaban J connectivity index is 1.32. The summed E-state index contributed by atoms with van der Waals surface area (Å²) in [5, 5.41) is 7.33. The molecule has 3 aliphatic heterocycles. The molecule has 4 aliphatic carbocycles. The number of carbonyl (C=O) groups excluding carboxylic acids is 12. The van der Waals surface area contributed by atoms with Crippen LogP contribution in [0.25, 0.3) is 0 Å². The van der Waals surface area contributed by atoms with Crippen LogP contribution in [0, 0.1) is 35.5 Å². The van der Waals surface area contributed by atoms with E-state index in [4.69, 9.17) is 16.3 Å². The van der Waals surface area contributed by atoms with Crippen LogP contribution in [0.4, 0.5) is 22.0 Å². The van der Waals surface area contributed by atoms with Gasteiger partial charge in [-0.2, -0.15) is 13.2 Å². The molecule has 7 aliphatic rings. The standard InChI is InChI=1S/C75H120ClF5N12O13/c1-12-47(4)64-71(103)87(7)43-62(96)85(5)44-63(97)89(9)57(38-48-24-16-13-17-25-48)69(101)86(6)42-60(94)82-54(31-29-49-28-30-52(53(76)37-49)75(79,80)81)68(100)93-41-51(106-45-59(77)78)39-56(93)67(99)84-74(32-20-21-33-74)73(105)91(11)65(50-26-18-14-19-27-50)72(104)90(10)58(70(102)92-34-22-15-23-35-92)40-61(95)88(8)55(36-46(2)3)66(98)83-64/h46-59,64-65H,12-45H2,1-11H3,(H,82,94)(H,83,98)(H,84,99)/t47-,49?,51-,52?,53?,54-,55-,56-,57-,58-,64-,65-/m0/s1. The largest absolute Gasteiger partial charge is 0.393 e. The first-order valence-electron chi connectivity index (χ1n) is 38.9. The number of carbonyl (C=O) groups is 12. The predicted octanol–water partition coefficient (Wildman–Crippen LogP) is 6.74. The van der Waals surface area contributed by atoms with Crippen LogP contribution < -0.4 is 16.0 Å². The first kappa shape index (κ1) is 86.8. The Labute approximate surface area is 627 Å². The van der Waals surface area contributed by atoms with Crippen molar-refractivity contribution in [3.05, 3.63) is 0 Å². The molecule has 0 aromatic carbocycles. The van der Waals surface area contributed by atoms with E-state index in [1.165, 1.54) is 68.9 Å². The number of halogens is 6. The summed E-state index contributed by atoms with van der Waals surface area (Å²) < 4.78 is 75.9. The highest BCUT2D eigenvalue weighted by molar-refractivity contribution is 6.21. The summed E-state index contributed by atoms with van der Waals surface area (Å²) in [5.41, 5.74) is -1.73. The van der Waals surface area contributed by atoms with Crippen molar-refractivity contribution in [1.29, 1.82) is 0 Å². The highest BCUT2D eigenvalue weighted by Gasteiger charge is 2.53. The first-order chi connectivity index (χ1) is 50.0. The number of piperidine rings is 1. The third-order valence-electron chi connectivity index (χ3n) is 23.9. The maximum atomic E-state index is 15.9. The minimum atomic E-state index is -4.57. The van der Waals surface area contributed by atoms with Gasteiger partial charge in [-0.25, -0.2) is 8.78 Å². The van der Waals surface area contributed by atoms with Crippen molar-refractivity contribution in [1.82, 2.24) is 60.0 Å². The lowest BCUT2D eigenvalue weighted by Crippen LogP contribution is -2.65. The average Bonchev–Trinajstić information content (AvgIpc) is 1.51. The Morgan fingerprint density at radius 2 is 1.21 bits per heavy atom. The topological polar surface area (TPSA) is 279 Å². The van der Waals surface area contributed by atoms with Crippen molar-refractivity contribution in [2.45, 2.75) is 273 Å². The Kier molecular flexibility index (Phi) is 32.1. The van der Waals surface area contributed by atoms with Gasteiger partial charge in [-0.05, 0) is 119 Å². The van der Waals surface area contributed by atoms with Crippen molar-refractivity contribution >= 4 is 82.5 Å². The van der Waals surface area contributed by atoms with Gasteiger partial charge in [0.05, 0.1) is 38.1 Å². The summed E-state index contributed by atoms with van der Waals surface area (Å²) in [6.45, 7) is 4.61. The van der Waals surface area contributed by atoms with Crippen molar-refractivity contribution in [3.8, 4) is 0 Å². The monoisotopic (exact) mass is 1530 g/mol. The zero-order chi connectivity index (χ0) is 78.2. The maximum Gasteiger partial charge on any atom is 0.393 e. The second kappa shape index (κ2) is 39.3. The molecule has 3 unspecified atom stereocenters. The molecule has 25 nitrogen and oxygen atoms in total. The number of fused-ring (bicyclic) bond motifs is 1. The lowest BCUT2D eigenvalue weighted by atomic mass is 9.78. The molecular formula is C75H120ClF5N12O13. The SMILES string of the molecule is CC[C@H](C)[C@@H]1NC(=O)[C@H](CC(C)C)N(C)C(=O)C[C@@H](C(=O)N2CCCCC2)N(C)C(=O)[C@H](C2CCCCC2)N(C)C(=O)C2(CCCC2)NC(=O)[C@@H]2C[C@H](OCC(F)F)CN2C(=O)[C@H](CCC2CCC(C(F)(F)F)C(Cl)C2)NC(=O)CN(C)C(=O)[C@H](CC2CCCCC2)N(C)C(=O)CN(C)C(=O)CN(C)C1=O. The number of ether oxygens (including phenoxy) is 1. The first-order valence-corrected chi connectivity index (χ1v) is 39.3. The molecule has 0 bridgehead atoms. The smallest absolute Gasteiger partial charge is 0.370 e. The van der Waals surface area contributed by atoms with Crippen LogP contribution in [-0.4, -0.2) is 282 Å². The van der Waals surface area contributed by atoms with Crippen molar-refractivity contribution in [3.63, 3.8) is 0 Å². The molecule has 31 heteroatoms. The van der Waals surface area contributed by atoms with E-state index in [9.17, 15) is 50.7 Å². The number of likely N-dealkylation sites (N-methyl/N-ethyl adjacent to an activating group) is 7. The van der Waals surface area contributed by atoms with E-state index in [0.29, 0.717) is 70.9 Å². The average molecular weight is 1530 g/mol. The number of nitrogens with one attached hydrogen (secondary N) is 3. The zero-order valence-electron chi connectivity index (χ0n) is 64.4. The molecular weight excluding hydrogens is 1410 g/mol. The summed E-state index contributed by atoms with van der Waals surface area (Å²) >= 11 is 6.41. The van der Waals surface area contributed by atoms with Gasteiger partial charge in [-0.15, -0.1) is 11.6 Å². The fraction of sp³-hybridized carbons (Fsp3) is 0.840. The van der Waals surface area contributed by atoms with E-state index in [2.05, 4.69) is 16.0 Å². The minimum Gasteiger partial charge on any atom is -0.370 e. The molecule has 1 spiro atoms. The van der Waals surface area contributed by atoms with Crippen LogP contribution in [0.1, 0.15) is 201 Å². The molecule has 7 rings (SSSR count). The summed E-state index contributed by atoms with van der Waals surface area (Å²) in [5.74, 6) is -12.0. The Morgan fingerprint density at radius 3 is 1.80 bits per heavy atom. The molecule has 600 valence electrons. The molecule has 4 saturated carbocycles. The van der Waals surface area contributed by atoms with Crippen LogP contribution in [0.15, 0.2) is 0 Å². The normalized spacial score (nSPS) is 29.9. The van der Waals surface area contributed by atoms with E-state index in [0.717, 1.165) is 64.5 Å². The van der Waals surface area contributed by atoms with E-state index in [1.807, 2.05) is 20.8 Å². The summed E-state index contributed by atoms with van der Waals surface area (Å²) in [7, 11) is 9.79. The zero-order valence-corrected chi connectivity index (χ0v) is 65.1. The lowest BCUT2D eigenvalue weighted by Gasteiger charge is -2.43. The number of amides is 12. The number of likely N-dealkylation sites (tertiary alicyclic amines) is 1. The van der Waals surface area contributed by atoms with Crippen LogP contribution in [0.2, 0.25) is 0 Å². The molecule has 0 radical (unpaired) electrons. The molecule has 7 fully saturated rings. The highest BCUT2D eigenvalue weighted by atomic mass is 35.5. The fourth-order valence-corrected chi connectivity index (χ4v) is 17.7. The second-order valence-electron chi connectivity index (χ2n) is 32.1. The minimum absolute atomic E-state index is 0.0231. The number of nitrogens with zero attached hydrogens (tertiary/aromatic N) is 9. The molecule has 0 aromatic heterocycles. The quantitative estimate of drug-likeness (QED) is 0.120. The van der Waals surface area contributed by atoms with E-state index < -0.39 is 206 Å². The second-order valence-corrected chi connectivity index (χ2v) is 32.7. The van der Waals surface area contributed by atoms with Crippen molar-refractivity contribution < 1.29 is 84.2 Å². The number of rotatable bonds is 14. The van der Waals surface area contributed by atoms with Gasteiger partial charge in [0.1, 0.15) is 54.4 Å².